The molecule has 0 aliphatic heterocycles. The smallest absolute Gasteiger partial charge is 0.306 e. The van der Waals surface area contributed by atoms with Crippen LogP contribution in [0.2, 0.25) is 0 Å². The zero-order valence-corrected chi connectivity index (χ0v) is 9.71. The Bertz CT molecular complexity index is 426. The second-order valence-electron chi connectivity index (χ2n) is 3.04. The van der Waals surface area contributed by atoms with E-state index in [2.05, 4.69) is 4.74 Å². The Morgan fingerprint density at radius 3 is 3.00 bits per heavy atom. The van der Waals surface area contributed by atoms with Crippen LogP contribution in [0.3, 0.4) is 0 Å². The van der Waals surface area contributed by atoms with Crippen LogP contribution in [0.25, 0.3) is 0 Å². The molecule has 2 N–H and O–H groups in total. The van der Waals surface area contributed by atoms with Gasteiger partial charge in [-0.2, -0.15) is 5.26 Å². The number of rotatable bonds is 4. The van der Waals surface area contributed by atoms with Gasteiger partial charge in [0.1, 0.15) is 0 Å². The molecule has 0 aliphatic carbocycles. The summed E-state index contributed by atoms with van der Waals surface area (Å²) in [7, 11) is 1.36. The van der Waals surface area contributed by atoms with E-state index in [-0.39, 0.29) is 5.97 Å². The Kier molecular flexibility index (Phi) is 4.67. The first-order chi connectivity index (χ1) is 7.67. The van der Waals surface area contributed by atoms with Crippen molar-refractivity contribution >= 4 is 23.4 Å². The molecular weight excluding hydrogens is 224 g/mol. The van der Waals surface area contributed by atoms with Gasteiger partial charge >= 0.3 is 5.97 Å². The summed E-state index contributed by atoms with van der Waals surface area (Å²) in [4.78, 5) is 11.7. The fourth-order valence-electron chi connectivity index (χ4n) is 1.08. The number of benzene rings is 1. The summed E-state index contributed by atoms with van der Waals surface area (Å²) in [6, 6.07) is 7.12. The standard InChI is InChI=1S/C11H12N2O2S/c1-15-11(14)4-5-16-10-6-8(7-12)2-3-9(10)13/h2-3,6H,4-5,13H2,1H3. The van der Waals surface area contributed by atoms with Crippen LogP contribution in [0.1, 0.15) is 12.0 Å². The van der Waals surface area contributed by atoms with E-state index >= 15 is 0 Å². The van der Waals surface area contributed by atoms with Gasteiger partial charge in [-0.25, -0.2) is 0 Å². The Labute approximate surface area is 98.4 Å². The van der Waals surface area contributed by atoms with Crippen molar-refractivity contribution in [3.63, 3.8) is 0 Å². The quantitative estimate of drug-likeness (QED) is 0.490. The Morgan fingerprint density at radius 1 is 1.62 bits per heavy atom. The molecule has 0 heterocycles. The van der Waals surface area contributed by atoms with Crippen LogP contribution >= 0.6 is 11.8 Å². The molecule has 0 saturated carbocycles. The molecule has 0 bridgehead atoms. The second kappa shape index (κ2) is 6.03. The summed E-state index contributed by atoms with van der Waals surface area (Å²) in [6.07, 6.45) is 0.331. The number of carbonyl (C=O) groups is 1. The zero-order valence-electron chi connectivity index (χ0n) is 8.90. The van der Waals surface area contributed by atoms with Gasteiger partial charge in [0.15, 0.2) is 0 Å². The molecule has 1 rings (SSSR count). The van der Waals surface area contributed by atoms with Crippen LogP contribution < -0.4 is 5.73 Å². The highest BCUT2D eigenvalue weighted by atomic mass is 32.2. The maximum Gasteiger partial charge on any atom is 0.306 e. The van der Waals surface area contributed by atoms with Crippen molar-refractivity contribution in [3.05, 3.63) is 23.8 Å². The summed E-state index contributed by atoms with van der Waals surface area (Å²) < 4.78 is 4.53. The van der Waals surface area contributed by atoms with Crippen molar-refractivity contribution in [2.24, 2.45) is 0 Å². The van der Waals surface area contributed by atoms with Gasteiger partial charge in [0.25, 0.3) is 0 Å². The van der Waals surface area contributed by atoms with Crippen LogP contribution in [-0.2, 0) is 9.53 Å². The predicted octanol–water partition coefficient (Wildman–Crippen LogP) is 1.80. The predicted molar refractivity (Wildman–Crippen MR) is 62.9 cm³/mol. The molecule has 0 fully saturated rings. The number of ether oxygens (including phenoxy) is 1. The van der Waals surface area contributed by atoms with Crippen molar-refractivity contribution < 1.29 is 9.53 Å². The summed E-state index contributed by atoms with van der Waals surface area (Å²) in [5, 5.41) is 8.73. The van der Waals surface area contributed by atoms with Crippen LogP contribution in [0.15, 0.2) is 23.1 Å². The lowest BCUT2D eigenvalue weighted by molar-refractivity contribution is -0.140. The van der Waals surface area contributed by atoms with Crippen LogP contribution in [0.4, 0.5) is 5.69 Å². The highest BCUT2D eigenvalue weighted by Crippen LogP contribution is 2.26. The molecule has 1 aromatic rings. The van der Waals surface area contributed by atoms with Crippen LogP contribution in [0.5, 0.6) is 0 Å². The van der Waals surface area contributed by atoms with E-state index in [1.54, 1.807) is 18.2 Å². The fourth-order valence-corrected chi connectivity index (χ4v) is 2.01. The minimum atomic E-state index is -0.248. The van der Waals surface area contributed by atoms with Gasteiger partial charge in [0.2, 0.25) is 0 Å². The molecule has 0 aliphatic rings. The van der Waals surface area contributed by atoms with Crippen molar-refractivity contribution in [1.82, 2.24) is 0 Å². The average molecular weight is 236 g/mol. The molecule has 0 unspecified atom stereocenters. The molecule has 1 aromatic carbocycles. The van der Waals surface area contributed by atoms with E-state index in [1.165, 1.54) is 18.9 Å². The van der Waals surface area contributed by atoms with Crippen molar-refractivity contribution in [2.75, 3.05) is 18.6 Å². The lowest BCUT2D eigenvalue weighted by atomic mass is 10.2. The highest BCUT2D eigenvalue weighted by Gasteiger charge is 2.04. The third kappa shape index (κ3) is 3.48. The number of nitrogens with zero attached hydrogens (tertiary/aromatic N) is 1. The lowest BCUT2D eigenvalue weighted by Crippen LogP contribution is -2.01. The van der Waals surface area contributed by atoms with E-state index < -0.39 is 0 Å². The normalized spacial score (nSPS) is 9.50. The van der Waals surface area contributed by atoms with Crippen molar-refractivity contribution in [1.29, 1.82) is 5.26 Å². The highest BCUT2D eigenvalue weighted by molar-refractivity contribution is 7.99. The topological polar surface area (TPSA) is 76.1 Å². The van der Waals surface area contributed by atoms with Gasteiger partial charge in [-0.05, 0) is 18.2 Å². The number of nitriles is 1. The molecule has 16 heavy (non-hydrogen) atoms. The van der Waals surface area contributed by atoms with Crippen molar-refractivity contribution in [3.8, 4) is 6.07 Å². The van der Waals surface area contributed by atoms with E-state index in [4.69, 9.17) is 11.0 Å². The van der Waals surface area contributed by atoms with E-state index in [1.807, 2.05) is 6.07 Å². The van der Waals surface area contributed by atoms with Gasteiger partial charge < -0.3 is 10.5 Å². The summed E-state index contributed by atoms with van der Waals surface area (Å²) >= 11 is 1.44. The van der Waals surface area contributed by atoms with E-state index in [0.29, 0.717) is 23.4 Å². The number of carbonyl (C=O) groups excluding carboxylic acids is 1. The van der Waals surface area contributed by atoms with Crippen LogP contribution in [0, 0.1) is 11.3 Å². The number of anilines is 1. The number of nitrogens with two attached hydrogens (primary N) is 1. The van der Waals surface area contributed by atoms with Gasteiger partial charge in [-0.1, -0.05) is 0 Å². The van der Waals surface area contributed by atoms with Crippen molar-refractivity contribution in [2.45, 2.75) is 11.3 Å². The number of hydrogen-bond donors (Lipinski definition) is 1. The number of nitrogen functional groups attached to an aromatic ring is 1. The van der Waals surface area contributed by atoms with Gasteiger partial charge in [0, 0.05) is 16.3 Å². The average Bonchev–Trinajstić information content (AvgIpc) is 2.31. The largest absolute Gasteiger partial charge is 0.469 e. The molecule has 0 saturated heterocycles. The Hall–Kier alpha value is -1.67. The molecular formula is C11H12N2O2S. The third-order valence-electron chi connectivity index (χ3n) is 1.93. The maximum atomic E-state index is 10.9. The Morgan fingerprint density at radius 2 is 2.38 bits per heavy atom. The minimum Gasteiger partial charge on any atom is -0.469 e. The second-order valence-corrected chi connectivity index (χ2v) is 4.18. The molecule has 4 nitrogen and oxygen atoms in total. The molecule has 0 aromatic heterocycles. The fraction of sp³-hybridized carbons (Fsp3) is 0.273. The zero-order chi connectivity index (χ0) is 12.0. The van der Waals surface area contributed by atoms with E-state index in [9.17, 15) is 4.79 Å². The molecule has 84 valence electrons. The first-order valence-electron chi connectivity index (χ1n) is 4.66. The van der Waals surface area contributed by atoms with Crippen LogP contribution in [-0.4, -0.2) is 18.8 Å². The SMILES string of the molecule is COC(=O)CCSc1cc(C#N)ccc1N. The summed E-state index contributed by atoms with van der Waals surface area (Å²) in [5.41, 5.74) is 6.93. The van der Waals surface area contributed by atoms with Gasteiger partial charge in [-0.3, -0.25) is 4.79 Å². The first-order valence-corrected chi connectivity index (χ1v) is 5.65. The van der Waals surface area contributed by atoms with E-state index in [0.717, 1.165) is 4.90 Å². The maximum absolute atomic E-state index is 10.9. The van der Waals surface area contributed by atoms with Gasteiger partial charge in [-0.15, -0.1) is 11.8 Å². The molecule has 0 radical (unpaired) electrons. The lowest BCUT2D eigenvalue weighted by Gasteiger charge is -2.04. The third-order valence-corrected chi connectivity index (χ3v) is 3.01. The molecule has 0 spiro atoms. The van der Waals surface area contributed by atoms with Gasteiger partial charge in [0.05, 0.1) is 25.2 Å². The Balaban J connectivity index is 2.60. The number of thioether (sulfide) groups is 1. The monoisotopic (exact) mass is 236 g/mol. The molecule has 0 atom stereocenters. The molecule has 5 heteroatoms. The summed E-state index contributed by atoms with van der Waals surface area (Å²) in [5.74, 6) is 0.341. The first kappa shape index (κ1) is 12.4. The minimum absolute atomic E-state index is 0.248. The summed E-state index contributed by atoms with van der Waals surface area (Å²) in [6.45, 7) is 0. The molecule has 0 amide bonds. The number of methoxy groups -OCH3 is 1. The number of esters is 1. The number of hydrogen-bond acceptors (Lipinski definition) is 5.